The van der Waals surface area contributed by atoms with Crippen LogP contribution < -0.4 is 9.47 Å². The molecule has 1 aliphatic rings. The number of aryl methyl sites for hydroxylation is 1. The van der Waals surface area contributed by atoms with Crippen LogP contribution in [0.15, 0.2) is 42.7 Å². The molecule has 1 aromatic heterocycles. The first-order valence-electron chi connectivity index (χ1n) is 9.55. The molecule has 1 aliphatic heterocycles. The molecule has 1 aromatic carbocycles. The number of carbonyl (C=O) groups is 2. The average molecular weight is 382 g/mol. The highest BCUT2D eigenvalue weighted by Crippen LogP contribution is 2.30. The van der Waals surface area contributed by atoms with E-state index in [4.69, 9.17) is 9.47 Å². The fraction of sp³-hybridized carbons (Fsp3) is 0.409. The van der Waals surface area contributed by atoms with E-state index in [-0.39, 0.29) is 17.6 Å². The van der Waals surface area contributed by atoms with Crippen molar-refractivity contribution >= 4 is 11.7 Å². The van der Waals surface area contributed by atoms with Gasteiger partial charge in [0.25, 0.3) is 0 Å². The Kier molecular flexibility index (Phi) is 6.63. The molecule has 28 heavy (non-hydrogen) atoms. The molecule has 2 aromatic rings. The molecule has 1 fully saturated rings. The molecular formula is C22H26N2O4. The zero-order chi connectivity index (χ0) is 19.9. The van der Waals surface area contributed by atoms with Gasteiger partial charge in [-0.25, -0.2) is 0 Å². The Hall–Kier alpha value is -2.89. The predicted molar refractivity (Wildman–Crippen MR) is 106 cm³/mol. The molecule has 3 rings (SSSR count). The Bertz CT molecular complexity index is 823. The average Bonchev–Trinajstić information content (AvgIpc) is 2.77. The predicted octanol–water partition coefficient (Wildman–Crippen LogP) is 3.15. The zero-order valence-corrected chi connectivity index (χ0v) is 16.4. The third-order valence-electron chi connectivity index (χ3n) is 5.16. The normalized spacial score (nSPS) is 16.5. The summed E-state index contributed by atoms with van der Waals surface area (Å²) in [6, 6.07) is 9.06. The number of Topliss-reactive ketones (excluding diaryl/α,β-unsaturated/α-hetero) is 1. The minimum Gasteiger partial charge on any atom is -0.493 e. The Balaban J connectivity index is 1.62. The van der Waals surface area contributed by atoms with E-state index in [2.05, 4.69) is 4.98 Å². The Morgan fingerprint density at radius 1 is 1.18 bits per heavy atom. The van der Waals surface area contributed by atoms with Crippen molar-refractivity contribution in [2.24, 2.45) is 5.92 Å². The van der Waals surface area contributed by atoms with Crippen molar-refractivity contribution in [3.05, 3.63) is 53.9 Å². The van der Waals surface area contributed by atoms with Gasteiger partial charge in [-0.15, -0.1) is 0 Å². The van der Waals surface area contributed by atoms with Crippen molar-refractivity contribution in [3.63, 3.8) is 0 Å². The first-order valence-corrected chi connectivity index (χ1v) is 9.55. The summed E-state index contributed by atoms with van der Waals surface area (Å²) in [5.41, 5.74) is 1.64. The van der Waals surface area contributed by atoms with Gasteiger partial charge in [-0.3, -0.25) is 14.6 Å². The summed E-state index contributed by atoms with van der Waals surface area (Å²) in [7, 11) is 3.12. The maximum atomic E-state index is 13.0. The largest absolute Gasteiger partial charge is 0.493 e. The van der Waals surface area contributed by atoms with Gasteiger partial charge in [0.2, 0.25) is 5.91 Å². The molecule has 148 valence electrons. The van der Waals surface area contributed by atoms with Gasteiger partial charge in [0.05, 0.1) is 14.2 Å². The lowest BCUT2D eigenvalue weighted by molar-refractivity contribution is -0.132. The molecule has 0 radical (unpaired) electrons. The van der Waals surface area contributed by atoms with Crippen LogP contribution >= 0.6 is 0 Å². The Morgan fingerprint density at radius 2 is 2.00 bits per heavy atom. The number of methoxy groups -OCH3 is 2. The van der Waals surface area contributed by atoms with Crippen LogP contribution in [0.4, 0.5) is 0 Å². The summed E-state index contributed by atoms with van der Waals surface area (Å²) >= 11 is 0. The maximum absolute atomic E-state index is 13.0. The van der Waals surface area contributed by atoms with Crippen molar-refractivity contribution in [1.82, 2.24) is 9.88 Å². The number of amides is 1. The Labute approximate surface area is 165 Å². The number of carbonyl (C=O) groups excluding carboxylic acids is 2. The molecular weight excluding hydrogens is 356 g/mol. The number of ketones is 1. The first kappa shape index (κ1) is 19.9. The number of hydrogen-bond donors (Lipinski definition) is 0. The van der Waals surface area contributed by atoms with E-state index in [0.717, 1.165) is 18.4 Å². The van der Waals surface area contributed by atoms with Crippen LogP contribution in [0.3, 0.4) is 0 Å². The number of hydrogen-bond acceptors (Lipinski definition) is 5. The molecule has 0 N–H and O–H groups in total. The van der Waals surface area contributed by atoms with Crippen LogP contribution in [0.5, 0.6) is 11.5 Å². The molecule has 6 nitrogen and oxygen atoms in total. The molecule has 0 unspecified atom stereocenters. The van der Waals surface area contributed by atoms with Gasteiger partial charge in [0, 0.05) is 43.4 Å². The number of aromatic nitrogens is 1. The molecule has 6 heteroatoms. The van der Waals surface area contributed by atoms with Gasteiger partial charge in [0.1, 0.15) is 0 Å². The monoisotopic (exact) mass is 382 g/mol. The first-order chi connectivity index (χ1) is 13.6. The van der Waals surface area contributed by atoms with Gasteiger partial charge in [-0.05, 0) is 49.1 Å². The van der Waals surface area contributed by atoms with E-state index in [1.807, 2.05) is 17.0 Å². The topological polar surface area (TPSA) is 68.7 Å². The zero-order valence-electron chi connectivity index (χ0n) is 16.4. The summed E-state index contributed by atoms with van der Waals surface area (Å²) < 4.78 is 10.5. The van der Waals surface area contributed by atoms with Crippen LogP contribution in [-0.2, 0) is 11.2 Å². The van der Waals surface area contributed by atoms with E-state index >= 15 is 0 Å². The van der Waals surface area contributed by atoms with Crippen molar-refractivity contribution < 1.29 is 19.1 Å². The second-order valence-corrected chi connectivity index (χ2v) is 6.97. The number of rotatable bonds is 7. The molecule has 0 aliphatic carbocycles. The summed E-state index contributed by atoms with van der Waals surface area (Å²) in [5.74, 6) is 1.08. The van der Waals surface area contributed by atoms with Crippen molar-refractivity contribution in [2.45, 2.75) is 25.7 Å². The van der Waals surface area contributed by atoms with Crippen LogP contribution in [-0.4, -0.2) is 48.9 Å². The third kappa shape index (κ3) is 4.68. The highest BCUT2D eigenvalue weighted by Gasteiger charge is 2.29. The number of ether oxygens (including phenoxy) is 2. The number of pyridine rings is 1. The maximum Gasteiger partial charge on any atom is 0.222 e. The molecule has 2 heterocycles. The van der Waals surface area contributed by atoms with Crippen LogP contribution in [0.2, 0.25) is 0 Å². The van der Waals surface area contributed by atoms with Gasteiger partial charge in [-0.1, -0.05) is 6.07 Å². The molecule has 0 bridgehead atoms. The molecule has 1 saturated heterocycles. The summed E-state index contributed by atoms with van der Waals surface area (Å²) in [5, 5.41) is 0. The second kappa shape index (κ2) is 9.35. The third-order valence-corrected chi connectivity index (χ3v) is 5.16. The van der Waals surface area contributed by atoms with Gasteiger partial charge < -0.3 is 14.4 Å². The second-order valence-electron chi connectivity index (χ2n) is 6.97. The van der Waals surface area contributed by atoms with Crippen molar-refractivity contribution in [1.29, 1.82) is 0 Å². The minimum absolute atomic E-state index is 0.0470. The smallest absolute Gasteiger partial charge is 0.222 e. The highest BCUT2D eigenvalue weighted by atomic mass is 16.5. The summed E-state index contributed by atoms with van der Waals surface area (Å²) in [6.45, 7) is 1.18. The molecule has 0 spiro atoms. The summed E-state index contributed by atoms with van der Waals surface area (Å²) in [4.78, 5) is 31.5. The molecule has 1 atom stereocenters. The lowest BCUT2D eigenvalue weighted by Gasteiger charge is -2.32. The fourth-order valence-corrected chi connectivity index (χ4v) is 3.60. The van der Waals surface area contributed by atoms with Crippen molar-refractivity contribution in [2.75, 3.05) is 27.3 Å². The quantitative estimate of drug-likeness (QED) is 0.688. The van der Waals surface area contributed by atoms with E-state index in [1.165, 1.54) is 0 Å². The van der Waals surface area contributed by atoms with Gasteiger partial charge in [0.15, 0.2) is 17.3 Å². The van der Waals surface area contributed by atoms with Crippen LogP contribution in [0.25, 0.3) is 0 Å². The molecule has 1 amide bonds. The lowest BCUT2D eigenvalue weighted by Crippen LogP contribution is -2.42. The standard InChI is InChI=1S/C22H26N2O4/c1-27-19-9-8-17(13-20(19)28-2)22(26)18-6-4-12-24(15-18)21(25)10-7-16-5-3-11-23-14-16/h3,5,8-9,11,13-14,18H,4,6-7,10,12,15H2,1-2H3/t18-/m0/s1. The minimum atomic E-state index is -0.186. The Morgan fingerprint density at radius 3 is 2.71 bits per heavy atom. The number of likely N-dealkylation sites (tertiary alicyclic amines) is 1. The fourth-order valence-electron chi connectivity index (χ4n) is 3.60. The van der Waals surface area contributed by atoms with Crippen LogP contribution in [0.1, 0.15) is 35.2 Å². The van der Waals surface area contributed by atoms with E-state index < -0.39 is 0 Å². The van der Waals surface area contributed by atoms with E-state index in [0.29, 0.717) is 43.0 Å². The van der Waals surface area contributed by atoms with Crippen LogP contribution in [0, 0.1) is 5.92 Å². The highest BCUT2D eigenvalue weighted by molar-refractivity contribution is 5.99. The lowest BCUT2D eigenvalue weighted by atomic mass is 9.89. The van der Waals surface area contributed by atoms with Gasteiger partial charge >= 0.3 is 0 Å². The SMILES string of the molecule is COc1ccc(C(=O)[C@H]2CCCN(C(=O)CCc3cccnc3)C2)cc1OC. The van der Waals surface area contributed by atoms with E-state index in [1.54, 1.807) is 44.8 Å². The molecule has 0 saturated carbocycles. The van der Waals surface area contributed by atoms with E-state index in [9.17, 15) is 9.59 Å². The van der Waals surface area contributed by atoms with Crippen molar-refractivity contribution in [3.8, 4) is 11.5 Å². The number of piperidine rings is 1. The number of nitrogens with zero attached hydrogens (tertiary/aromatic N) is 2. The van der Waals surface area contributed by atoms with Gasteiger partial charge in [-0.2, -0.15) is 0 Å². The number of benzene rings is 1. The summed E-state index contributed by atoms with van der Waals surface area (Å²) in [6.07, 6.45) is 6.23.